The summed E-state index contributed by atoms with van der Waals surface area (Å²) < 4.78 is 0.867. The largest absolute Gasteiger partial charge is 0.273 e. The van der Waals surface area contributed by atoms with E-state index < -0.39 is 18.1 Å². The second-order valence-corrected chi connectivity index (χ2v) is 8.49. The van der Waals surface area contributed by atoms with Gasteiger partial charge in [0.1, 0.15) is 5.92 Å². The van der Waals surface area contributed by atoms with E-state index >= 15 is 0 Å². The maximum Gasteiger partial charge on any atom is 0.266 e. The first-order chi connectivity index (χ1) is 14.6. The molecule has 30 heavy (non-hydrogen) atoms. The van der Waals surface area contributed by atoms with E-state index in [1.807, 2.05) is 48.5 Å². The number of benzene rings is 3. The van der Waals surface area contributed by atoms with Gasteiger partial charge in [0.2, 0.25) is 5.91 Å². The lowest BCUT2D eigenvalue weighted by atomic mass is 9.90. The lowest BCUT2D eigenvalue weighted by Gasteiger charge is -2.29. The number of hydrogen-bond donors (Lipinski definition) is 0. The number of carbonyl (C=O) groups is 2. The molecule has 0 spiro atoms. The first kappa shape index (κ1) is 19.3. The molecule has 2 aliphatic rings. The number of carbonyl (C=O) groups excluding carboxylic acids is 2. The van der Waals surface area contributed by atoms with E-state index in [1.54, 1.807) is 35.4 Å². The van der Waals surface area contributed by atoms with Gasteiger partial charge in [-0.15, -0.1) is 0 Å². The second-order valence-electron chi connectivity index (χ2n) is 7.17. The molecule has 3 aromatic rings. The van der Waals surface area contributed by atoms with Crippen molar-refractivity contribution in [1.29, 1.82) is 0 Å². The lowest BCUT2D eigenvalue weighted by Crippen LogP contribution is -2.37. The summed E-state index contributed by atoms with van der Waals surface area (Å²) in [7, 11) is 0. The molecule has 5 rings (SSSR count). The fraction of sp³-hybridized carbons (Fsp3) is 0.130. The van der Waals surface area contributed by atoms with Gasteiger partial charge >= 0.3 is 0 Å². The van der Waals surface area contributed by atoms with Crippen LogP contribution in [0.5, 0.6) is 0 Å². The third-order valence-electron chi connectivity index (χ3n) is 5.43. The molecule has 2 aliphatic heterocycles. The fourth-order valence-corrected chi connectivity index (χ4v) is 4.60. The average Bonchev–Trinajstić information content (AvgIpc) is 3.26. The highest BCUT2D eigenvalue weighted by Crippen LogP contribution is 2.48. The number of hydrogen-bond acceptors (Lipinski definition) is 4. The minimum Gasteiger partial charge on any atom is -0.273 e. The van der Waals surface area contributed by atoms with E-state index in [4.69, 9.17) is 16.4 Å². The van der Waals surface area contributed by atoms with Crippen LogP contribution in [0.1, 0.15) is 11.6 Å². The standard InChI is InChI=1S/C23H16BrClN2O3/c24-14-10-12-15(13-11-14)26-22(28)19-20(17-8-4-5-9-18(17)25)27(30-21(19)23(26)29)16-6-2-1-3-7-16/h1-13,19-21H/t19-,20-,21+/m0/s1. The third kappa shape index (κ3) is 3.03. The highest BCUT2D eigenvalue weighted by Gasteiger charge is 2.60. The van der Waals surface area contributed by atoms with Gasteiger partial charge < -0.3 is 0 Å². The Kier molecular flexibility index (Phi) is 4.85. The molecule has 7 heteroatoms. The number of halogens is 2. The number of anilines is 2. The number of amides is 2. The molecule has 2 amide bonds. The maximum atomic E-state index is 13.5. The number of para-hydroxylation sites is 1. The molecule has 0 aliphatic carbocycles. The van der Waals surface area contributed by atoms with Crippen molar-refractivity contribution in [2.45, 2.75) is 12.1 Å². The molecular formula is C23H16BrClN2O3. The Morgan fingerprint density at radius 3 is 2.17 bits per heavy atom. The Morgan fingerprint density at radius 2 is 1.47 bits per heavy atom. The zero-order valence-electron chi connectivity index (χ0n) is 15.6. The molecular weight excluding hydrogens is 468 g/mol. The van der Waals surface area contributed by atoms with Crippen molar-refractivity contribution < 1.29 is 14.4 Å². The molecule has 2 saturated heterocycles. The van der Waals surface area contributed by atoms with E-state index in [0.717, 1.165) is 15.7 Å². The summed E-state index contributed by atoms with van der Waals surface area (Å²) >= 11 is 9.89. The monoisotopic (exact) mass is 482 g/mol. The van der Waals surface area contributed by atoms with Crippen LogP contribution in [0.2, 0.25) is 5.02 Å². The highest BCUT2D eigenvalue weighted by atomic mass is 79.9. The Bertz CT molecular complexity index is 1120. The lowest BCUT2D eigenvalue weighted by molar-refractivity contribution is -0.126. The number of rotatable bonds is 3. The summed E-state index contributed by atoms with van der Waals surface area (Å²) in [4.78, 5) is 34.0. The molecule has 0 aromatic heterocycles. The predicted octanol–water partition coefficient (Wildman–Crippen LogP) is 5.15. The Labute approximate surface area is 186 Å². The Hall–Kier alpha value is -2.67. The Balaban J connectivity index is 1.60. The normalized spacial score (nSPS) is 23.2. The molecule has 0 radical (unpaired) electrons. The molecule has 150 valence electrons. The molecule has 2 fully saturated rings. The molecule has 2 heterocycles. The zero-order valence-corrected chi connectivity index (χ0v) is 18.0. The predicted molar refractivity (Wildman–Crippen MR) is 118 cm³/mol. The number of fused-ring (bicyclic) bond motifs is 1. The summed E-state index contributed by atoms with van der Waals surface area (Å²) in [6.07, 6.45) is -0.914. The quantitative estimate of drug-likeness (QED) is 0.483. The van der Waals surface area contributed by atoms with Crippen LogP contribution in [-0.2, 0) is 14.4 Å². The number of imide groups is 1. The van der Waals surface area contributed by atoms with Crippen LogP contribution >= 0.6 is 27.5 Å². The van der Waals surface area contributed by atoms with Gasteiger partial charge in [-0.05, 0) is 48.0 Å². The van der Waals surface area contributed by atoms with E-state index in [-0.39, 0.29) is 11.8 Å². The van der Waals surface area contributed by atoms with Crippen molar-refractivity contribution in [3.05, 3.63) is 93.9 Å². The summed E-state index contributed by atoms with van der Waals surface area (Å²) in [5.74, 6) is -1.38. The second kappa shape index (κ2) is 7.54. The van der Waals surface area contributed by atoms with E-state index in [1.165, 1.54) is 4.90 Å². The van der Waals surface area contributed by atoms with E-state index in [9.17, 15) is 9.59 Å². The zero-order chi connectivity index (χ0) is 20.8. The van der Waals surface area contributed by atoms with Gasteiger partial charge in [0.15, 0.2) is 6.10 Å². The van der Waals surface area contributed by atoms with Crippen molar-refractivity contribution in [2.75, 3.05) is 9.96 Å². The van der Waals surface area contributed by atoms with Crippen molar-refractivity contribution in [3.63, 3.8) is 0 Å². The van der Waals surface area contributed by atoms with Crippen molar-refractivity contribution >= 4 is 50.7 Å². The summed E-state index contributed by atoms with van der Waals surface area (Å²) in [5.41, 5.74) is 2.03. The van der Waals surface area contributed by atoms with Crippen LogP contribution in [0.4, 0.5) is 11.4 Å². The molecule has 0 N–H and O–H groups in total. The summed E-state index contributed by atoms with van der Waals surface area (Å²) in [6, 6.07) is 23.3. The number of nitrogens with zero attached hydrogens (tertiary/aromatic N) is 2. The Morgan fingerprint density at radius 1 is 0.800 bits per heavy atom. The third-order valence-corrected chi connectivity index (χ3v) is 6.31. The van der Waals surface area contributed by atoms with Crippen molar-refractivity contribution in [2.24, 2.45) is 5.92 Å². The van der Waals surface area contributed by atoms with Crippen LogP contribution in [0, 0.1) is 5.92 Å². The average molecular weight is 484 g/mol. The topological polar surface area (TPSA) is 49.9 Å². The van der Waals surface area contributed by atoms with Crippen LogP contribution in [0.15, 0.2) is 83.3 Å². The van der Waals surface area contributed by atoms with Gasteiger partial charge in [-0.1, -0.05) is 63.9 Å². The highest BCUT2D eigenvalue weighted by molar-refractivity contribution is 9.10. The minimum absolute atomic E-state index is 0.296. The van der Waals surface area contributed by atoms with Crippen LogP contribution in [-0.4, -0.2) is 17.9 Å². The number of hydroxylamine groups is 1. The van der Waals surface area contributed by atoms with Crippen LogP contribution in [0.25, 0.3) is 0 Å². The molecule has 3 atom stereocenters. The van der Waals surface area contributed by atoms with Gasteiger partial charge in [0.05, 0.1) is 17.4 Å². The van der Waals surface area contributed by atoms with Gasteiger partial charge in [-0.2, -0.15) is 0 Å². The van der Waals surface area contributed by atoms with Crippen molar-refractivity contribution in [3.8, 4) is 0 Å². The van der Waals surface area contributed by atoms with E-state index in [2.05, 4.69) is 15.9 Å². The van der Waals surface area contributed by atoms with Crippen LogP contribution < -0.4 is 9.96 Å². The summed E-state index contributed by atoms with van der Waals surface area (Å²) in [6.45, 7) is 0. The smallest absolute Gasteiger partial charge is 0.266 e. The maximum absolute atomic E-state index is 13.5. The molecule has 0 unspecified atom stereocenters. The van der Waals surface area contributed by atoms with Gasteiger partial charge in [-0.25, -0.2) is 9.96 Å². The molecule has 0 bridgehead atoms. The summed E-state index contributed by atoms with van der Waals surface area (Å²) in [5, 5.41) is 2.17. The first-order valence-corrected chi connectivity index (χ1v) is 10.6. The van der Waals surface area contributed by atoms with Gasteiger partial charge in [-0.3, -0.25) is 14.4 Å². The van der Waals surface area contributed by atoms with E-state index in [0.29, 0.717) is 10.7 Å². The van der Waals surface area contributed by atoms with Gasteiger partial charge in [0, 0.05) is 9.50 Å². The molecule has 0 saturated carbocycles. The SMILES string of the molecule is O=C1[C@@H]2[C@@H](ON(c3ccccc3)[C@H]2c2ccccc2Cl)C(=O)N1c1ccc(Br)cc1. The van der Waals surface area contributed by atoms with Crippen molar-refractivity contribution in [1.82, 2.24) is 0 Å². The molecule has 3 aromatic carbocycles. The minimum atomic E-state index is -0.914. The molecule has 5 nitrogen and oxygen atoms in total. The van der Waals surface area contributed by atoms with Crippen LogP contribution in [0.3, 0.4) is 0 Å². The van der Waals surface area contributed by atoms with Gasteiger partial charge in [0.25, 0.3) is 5.91 Å². The fourth-order valence-electron chi connectivity index (χ4n) is 4.09. The first-order valence-electron chi connectivity index (χ1n) is 9.45.